The molecule has 0 aromatic heterocycles. The number of nitrogens with zero attached hydrogens (tertiary/aromatic N) is 1. The lowest BCUT2D eigenvalue weighted by Crippen LogP contribution is -2.46. The van der Waals surface area contributed by atoms with Crippen LogP contribution in [0.15, 0.2) is 0 Å². The highest BCUT2D eigenvalue weighted by atomic mass is 16.3. The van der Waals surface area contributed by atoms with E-state index >= 15 is 0 Å². The summed E-state index contributed by atoms with van der Waals surface area (Å²) in [5, 5.41) is 12.9. The highest BCUT2D eigenvalue weighted by Gasteiger charge is 2.23. The highest BCUT2D eigenvalue weighted by Crippen LogP contribution is 2.18. The van der Waals surface area contributed by atoms with Crippen LogP contribution in [-0.4, -0.2) is 47.8 Å². The molecule has 2 N–H and O–H groups in total. The summed E-state index contributed by atoms with van der Waals surface area (Å²) in [5.74, 6) is 0.640. The van der Waals surface area contributed by atoms with Gasteiger partial charge < -0.3 is 10.4 Å². The molecule has 2 atom stereocenters. The summed E-state index contributed by atoms with van der Waals surface area (Å²) < 4.78 is 0. The van der Waals surface area contributed by atoms with Crippen LogP contribution in [0.4, 0.5) is 0 Å². The number of likely N-dealkylation sites (tertiary alicyclic amines) is 1. The minimum absolute atomic E-state index is 0.201. The Labute approximate surface area is 107 Å². The summed E-state index contributed by atoms with van der Waals surface area (Å²) in [6.45, 7) is 12.5. The average Bonchev–Trinajstić information content (AvgIpc) is 2.26. The van der Waals surface area contributed by atoms with Gasteiger partial charge in [0, 0.05) is 18.1 Å². The third-order valence-corrected chi connectivity index (χ3v) is 3.49. The van der Waals surface area contributed by atoms with Crippen LogP contribution in [-0.2, 0) is 0 Å². The van der Waals surface area contributed by atoms with Crippen LogP contribution < -0.4 is 5.32 Å². The average molecular weight is 242 g/mol. The molecule has 1 rings (SSSR count). The van der Waals surface area contributed by atoms with Gasteiger partial charge in [-0.2, -0.15) is 0 Å². The first-order valence-corrected chi connectivity index (χ1v) is 7.02. The zero-order valence-corrected chi connectivity index (χ0v) is 12.0. The van der Waals surface area contributed by atoms with Crippen LogP contribution in [0.5, 0.6) is 0 Å². The zero-order valence-electron chi connectivity index (χ0n) is 12.0. The zero-order chi connectivity index (χ0) is 12.9. The minimum atomic E-state index is 0.201. The second-order valence-corrected chi connectivity index (χ2v) is 6.56. The van der Waals surface area contributed by atoms with Crippen LogP contribution in [0.2, 0.25) is 0 Å². The van der Waals surface area contributed by atoms with Gasteiger partial charge in [-0.1, -0.05) is 13.3 Å². The fraction of sp³-hybridized carbons (Fsp3) is 1.00. The van der Waals surface area contributed by atoms with Gasteiger partial charge in [0.1, 0.15) is 0 Å². The number of nitrogens with one attached hydrogen (secondary N) is 1. The van der Waals surface area contributed by atoms with Gasteiger partial charge in [-0.25, -0.2) is 0 Å². The van der Waals surface area contributed by atoms with E-state index in [2.05, 4.69) is 37.9 Å². The summed E-state index contributed by atoms with van der Waals surface area (Å²) in [6, 6.07) is 0.404. The largest absolute Gasteiger partial charge is 0.395 e. The molecule has 1 saturated heterocycles. The number of aliphatic hydroxyl groups is 1. The Bertz CT molecular complexity index is 213. The molecule has 0 aliphatic carbocycles. The molecular weight excluding hydrogens is 212 g/mol. The van der Waals surface area contributed by atoms with Crippen molar-refractivity contribution in [2.45, 2.75) is 58.5 Å². The van der Waals surface area contributed by atoms with E-state index in [0.717, 1.165) is 26.1 Å². The molecule has 0 aromatic carbocycles. The molecule has 0 saturated carbocycles. The number of hydrogen-bond acceptors (Lipinski definition) is 3. The van der Waals surface area contributed by atoms with Crippen molar-refractivity contribution >= 4 is 0 Å². The predicted octanol–water partition coefficient (Wildman–Crippen LogP) is 1.86. The molecule has 3 heteroatoms. The number of piperidine rings is 1. The molecule has 0 bridgehead atoms. The Morgan fingerprint density at radius 3 is 2.65 bits per heavy atom. The Kier molecular flexibility index (Phi) is 5.90. The second kappa shape index (κ2) is 6.72. The third kappa shape index (κ3) is 5.84. The maximum Gasteiger partial charge on any atom is 0.0586 e. The van der Waals surface area contributed by atoms with Gasteiger partial charge in [0.05, 0.1) is 6.61 Å². The molecule has 2 unspecified atom stereocenters. The molecule has 17 heavy (non-hydrogen) atoms. The molecule has 0 amide bonds. The molecule has 0 spiro atoms. The smallest absolute Gasteiger partial charge is 0.0586 e. The lowest BCUT2D eigenvalue weighted by Gasteiger charge is -2.36. The number of aliphatic hydroxyl groups excluding tert-OH is 1. The lowest BCUT2D eigenvalue weighted by atomic mass is 10.00. The van der Waals surface area contributed by atoms with Gasteiger partial charge in [-0.3, -0.25) is 4.90 Å². The quantitative estimate of drug-likeness (QED) is 0.772. The topological polar surface area (TPSA) is 35.5 Å². The number of rotatable bonds is 5. The standard InChI is InChI=1S/C14H30N2O/c1-12(9-15-14(2,3)4)10-16-8-6-5-7-13(16)11-17/h12-13,15,17H,5-11H2,1-4H3. The van der Waals surface area contributed by atoms with E-state index in [9.17, 15) is 5.11 Å². The lowest BCUT2D eigenvalue weighted by molar-refractivity contribution is 0.0772. The normalized spacial score (nSPS) is 24.9. The fourth-order valence-corrected chi connectivity index (χ4v) is 2.45. The fourth-order valence-electron chi connectivity index (χ4n) is 2.45. The maximum atomic E-state index is 9.38. The summed E-state index contributed by atoms with van der Waals surface area (Å²) >= 11 is 0. The van der Waals surface area contributed by atoms with Crippen molar-refractivity contribution in [3.05, 3.63) is 0 Å². The SMILES string of the molecule is CC(CNC(C)(C)C)CN1CCCCC1CO. The summed E-state index contributed by atoms with van der Waals surface area (Å²) in [6.07, 6.45) is 3.72. The van der Waals surface area contributed by atoms with Crippen LogP contribution in [0, 0.1) is 5.92 Å². The Morgan fingerprint density at radius 2 is 2.06 bits per heavy atom. The molecule has 1 fully saturated rings. The molecule has 102 valence electrons. The molecule has 0 aromatic rings. The van der Waals surface area contributed by atoms with Gasteiger partial charge in [0.2, 0.25) is 0 Å². The van der Waals surface area contributed by atoms with E-state index in [0.29, 0.717) is 18.6 Å². The number of hydrogen-bond donors (Lipinski definition) is 2. The highest BCUT2D eigenvalue weighted by molar-refractivity contribution is 4.79. The van der Waals surface area contributed by atoms with Crippen molar-refractivity contribution in [1.82, 2.24) is 10.2 Å². The predicted molar refractivity (Wildman–Crippen MR) is 73.2 cm³/mol. The first-order chi connectivity index (χ1) is 7.92. The monoisotopic (exact) mass is 242 g/mol. The van der Waals surface area contributed by atoms with Crippen molar-refractivity contribution in [3.63, 3.8) is 0 Å². The van der Waals surface area contributed by atoms with Crippen LogP contribution >= 0.6 is 0 Å². The third-order valence-electron chi connectivity index (χ3n) is 3.49. The van der Waals surface area contributed by atoms with E-state index in [1.165, 1.54) is 12.8 Å². The molecule has 1 aliphatic rings. The molecule has 1 aliphatic heterocycles. The maximum absolute atomic E-state index is 9.38. The summed E-state index contributed by atoms with van der Waals surface area (Å²) in [4.78, 5) is 2.47. The van der Waals surface area contributed by atoms with Gasteiger partial charge in [0.15, 0.2) is 0 Å². The molecule has 0 radical (unpaired) electrons. The molecular formula is C14H30N2O. The molecule has 3 nitrogen and oxygen atoms in total. The van der Waals surface area contributed by atoms with E-state index < -0.39 is 0 Å². The van der Waals surface area contributed by atoms with Gasteiger partial charge in [-0.15, -0.1) is 0 Å². The van der Waals surface area contributed by atoms with Gasteiger partial charge in [-0.05, 0) is 52.6 Å². The summed E-state index contributed by atoms with van der Waals surface area (Å²) in [5.41, 5.74) is 0.201. The molecule has 1 heterocycles. The van der Waals surface area contributed by atoms with Gasteiger partial charge in [0.25, 0.3) is 0 Å². The Balaban J connectivity index is 2.31. The summed E-state index contributed by atoms with van der Waals surface area (Å²) in [7, 11) is 0. The van der Waals surface area contributed by atoms with E-state index in [-0.39, 0.29) is 5.54 Å². The first-order valence-electron chi connectivity index (χ1n) is 7.02. The van der Waals surface area contributed by atoms with Crippen molar-refractivity contribution in [2.24, 2.45) is 5.92 Å². The van der Waals surface area contributed by atoms with Crippen molar-refractivity contribution in [3.8, 4) is 0 Å². The van der Waals surface area contributed by atoms with Crippen molar-refractivity contribution in [1.29, 1.82) is 0 Å². The second-order valence-electron chi connectivity index (χ2n) is 6.56. The van der Waals surface area contributed by atoms with E-state index in [4.69, 9.17) is 0 Å². The Hall–Kier alpha value is -0.120. The Morgan fingerprint density at radius 1 is 1.35 bits per heavy atom. The van der Waals surface area contributed by atoms with Crippen LogP contribution in [0.1, 0.15) is 47.0 Å². The van der Waals surface area contributed by atoms with Crippen LogP contribution in [0.25, 0.3) is 0 Å². The van der Waals surface area contributed by atoms with Crippen molar-refractivity contribution < 1.29 is 5.11 Å². The van der Waals surface area contributed by atoms with Crippen LogP contribution in [0.3, 0.4) is 0 Å². The van der Waals surface area contributed by atoms with E-state index in [1.807, 2.05) is 0 Å². The van der Waals surface area contributed by atoms with Gasteiger partial charge >= 0.3 is 0 Å². The van der Waals surface area contributed by atoms with E-state index in [1.54, 1.807) is 0 Å². The first kappa shape index (κ1) is 14.9. The van der Waals surface area contributed by atoms with Crippen molar-refractivity contribution in [2.75, 3.05) is 26.2 Å². The minimum Gasteiger partial charge on any atom is -0.395 e.